The third kappa shape index (κ3) is 15.1. The second-order valence-corrected chi connectivity index (χ2v) is 20.9. The predicted octanol–water partition coefficient (Wildman–Crippen LogP) is 6.77. The highest BCUT2D eigenvalue weighted by Gasteiger charge is 2.45. The van der Waals surface area contributed by atoms with E-state index < -0.39 is 70.7 Å². The molecule has 0 saturated carbocycles. The van der Waals surface area contributed by atoms with Gasteiger partial charge in [-0.15, -0.1) is 0 Å². The fraction of sp³-hybridized carbons (Fsp3) is 0.517. The smallest absolute Gasteiger partial charge is 0.316 e. The van der Waals surface area contributed by atoms with Crippen molar-refractivity contribution in [2.75, 3.05) is 119 Å². The van der Waals surface area contributed by atoms with Gasteiger partial charge in [-0.25, -0.2) is 0 Å². The lowest BCUT2D eigenvalue weighted by atomic mass is 9.92. The minimum absolute atomic E-state index is 0.0156. The lowest BCUT2D eigenvalue weighted by molar-refractivity contribution is -0.237. The summed E-state index contributed by atoms with van der Waals surface area (Å²) < 4.78 is 71.3. The first-order chi connectivity index (χ1) is 36.7. The van der Waals surface area contributed by atoms with Crippen molar-refractivity contribution in [2.24, 2.45) is 21.7 Å². The van der Waals surface area contributed by atoms with Crippen LogP contribution in [0.25, 0.3) is 0 Å². The molecule has 4 aliphatic rings. The Morgan fingerprint density at radius 3 is 0.711 bits per heavy atom. The van der Waals surface area contributed by atoms with Gasteiger partial charge >= 0.3 is 23.9 Å². The molecule has 4 heterocycles. The zero-order valence-electron chi connectivity index (χ0n) is 44.0. The normalized spacial score (nSPS) is 27.8. The number of esters is 4. The zero-order valence-corrected chi connectivity index (χ0v) is 44.0. The molecule has 0 unspecified atom stereocenters. The molecule has 0 radical (unpaired) electrons. The van der Waals surface area contributed by atoms with E-state index in [0.29, 0.717) is 13.1 Å². The van der Waals surface area contributed by atoms with Gasteiger partial charge in [-0.05, 0) is 27.7 Å². The van der Waals surface area contributed by atoms with E-state index in [9.17, 15) is 19.2 Å². The Hall–Kier alpha value is -5.64. The molecule has 0 amide bonds. The molecule has 4 aliphatic heterocycles. The molecule has 76 heavy (non-hydrogen) atoms. The summed E-state index contributed by atoms with van der Waals surface area (Å²) in [7, 11) is 0. The maximum absolute atomic E-state index is 13.6. The molecule has 0 atom stereocenters. The average Bonchev–Trinajstić information content (AvgIpc) is 3.45. The van der Waals surface area contributed by atoms with Crippen LogP contribution >= 0.6 is 0 Å². The molecule has 18 heteroatoms. The van der Waals surface area contributed by atoms with Crippen LogP contribution in [0.1, 0.15) is 75.1 Å². The molecule has 410 valence electrons. The van der Waals surface area contributed by atoms with Gasteiger partial charge in [0.1, 0.15) is 48.1 Å². The van der Waals surface area contributed by atoms with E-state index in [0.717, 1.165) is 22.3 Å². The maximum atomic E-state index is 13.6. The van der Waals surface area contributed by atoms with E-state index >= 15 is 0 Å². The molecule has 4 aromatic carbocycles. The largest absolute Gasteiger partial charge is 0.464 e. The van der Waals surface area contributed by atoms with Crippen LogP contribution in [-0.2, 0) is 76.0 Å². The van der Waals surface area contributed by atoms with Gasteiger partial charge in [0.2, 0.25) is 0 Å². The molecular weight excluding hydrogens is 981 g/mol. The first-order valence-electron chi connectivity index (χ1n) is 26.0. The number of rotatable bonds is 23. The van der Waals surface area contributed by atoms with Gasteiger partial charge in [-0.1, -0.05) is 121 Å². The Morgan fingerprint density at radius 2 is 0.526 bits per heavy atom. The van der Waals surface area contributed by atoms with Gasteiger partial charge in [0, 0.05) is 61.5 Å². The topological polar surface area (TPSA) is 186 Å². The van der Waals surface area contributed by atoms with Crippen LogP contribution in [-0.4, -0.2) is 152 Å². The van der Waals surface area contributed by atoms with Gasteiger partial charge in [-0.2, -0.15) is 0 Å². The van der Waals surface area contributed by atoms with Gasteiger partial charge in [0.05, 0.1) is 52.9 Å². The van der Waals surface area contributed by atoms with Crippen LogP contribution < -0.4 is 0 Å². The quantitative estimate of drug-likeness (QED) is 0.0559. The first-order valence-corrected chi connectivity index (χ1v) is 26.0. The van der Waals surface area contributed by atoms with E-state index in [-0.39, 0.29) is 105 Å². The summed E-state index contributed by atoms with van der Waals surface area (Å²) in [6, 6.07) is 38.1. The van der Waals surface area contributed by atoms with Crippen molar-refractivity contribution < 1.29 is 76.0 Å². The molecule has 0 aromatic heterocycles. The number of benzene rings is 4. The van der Waals surface area contributed by atoms with Crippen LogP contribution in [0.15, 0.2) is 121 Å². The second kappa shape index (κ2) is 26.6. The number of nitrogens with zero attached hydrogens (tertiary/aromatic N) is 2. The lowest BCUT2D eigenvalue weighted by Crippen LogP contribution is -2.46. The summed E-state index contributed by atoms with van der Waals surface area (Å²) in [5.41, 5.74) is -0.733. The van der Waals surface area contributed by atoms with Crippen molar-refractivity contribution >= 4 is 23.9 Å². The van der Waals surface area contributed by atoms with Crippen molar-refractivity contribution in [3.05, 3.63) is 144 Å². The van der Waals surface area contributed by atoms with Crippen molar-refractivity contribution in [3.8, 4) is 0 Å². The zero-order chi connectivity index (χ0) is 53.4. The highest BCUT2D eigenvalue weighted by molar-refractivity contribution is 5.78. The fourth-order valence-corrected chi connectivity index (χ4v) is 8.84. The van der Waals surface area contributed by atoms with E-state index in [1.54, 1.807) is 27.7 Å². The molecule has 0 spiro atoms. The number of hydrogen-bond donors (Lipinski definition) is 0. The van der Waals surface area contributed by atoms with Crippen molar-refractivity contribution in [3.63, 3.8) is 0 Å². The van der Waals surface area contributed by atoms with Gasteiger partial charge in [0.15, 0.2) is 25.2 Å². The van der Waals surface area contributed by atoms with Gasteiger partial charge in [-0.3, -0.25) is 29.0 Å². The molecule has 0 aliphatic carbocycles. The third-order valence-electron chi connectivity index (χ3n) is 14.0. The monoisotopic (exact) mass is 1050 g/mol. The summed E-state index contributed by atoms with van der Waals surface area (Å²) in [5, 5.41) is 0. The molecule has 4 aromatic rings. The minimum Gasteiger partial charge on any atom is -0.464 e. The van der Waals surface area contributed by atoms with Gasteiger partial charge in [0.25, 0.3) is 0 Å². The van der Waals surface area contributed by atoms with Crippen LogP contribution in [0.3, 0.4) is 0 Å². The molecular formula is C58H72N2O16. The Morgan fingerprint density at radius 1 is 0.342 bits per heavy atom. The Balaban J connectivity index is 0.884. The molecule has 0 N–H and O–H groups in total. The van der Waals surface area contributed by atoms with Gasteiger partial charge < -0.3 is 56.8 Å². The molecule has 0 bridgehead atoms. The number of hydrogen-bond acceptors (Lipinski definition) is 18. The van der Waals surface area contributed by atoms with Crippen LogP contribution in [0.2, 0.25) is 0 Å². The second-order valence-electron chi connectivity index (χ2n) is 20.9. The first kappa shape index (κ1) is 56.6. The average molecular weight is 1050 g/mol. The maximum Gasteiger partial charge on any atom is 0.316 e. The summed E-state index contributed by atoms with van der Waals surface area (Å²) in [6.07, 6.45) is -2.36. The molecule has 4 fully saturated rings. The van der Waals surface area contributed by atoms with Crippen LogP contribution in [0.4, 0.5) is 0 Å². The Bertz CT molecular complexity index is 2100. The van der Waals surface area contributed by atoms with E-state index in [1.165, 1.54) is 0 Å². The van der Waals surface area contributed by atoms with E-state index in [1.807, 2.05) is 131 Å². The highest BCUT2D eigenvalue weighted by Crippen LogP contribution is 2.36. The summed E-state index contributed by atoms with van der Waals surface area (Å²) in [6.45, 7) is 9.79. The lowest BCUT2D eigenvalue weighted by Gasteiger charge is -2.36. The fourth-order valence-electron chi connectivity index (χ4n) is 8.84. The van der Waals surface area contributed by atoms with Crippen molar-refractivity contribution in [2.45, 2.75) is 52.9 Å². The summed E-state index contributed by atoms with van der Waals surface area (Å²) in [5.74, 6) is -1.87. The number of carbonyl (C=O) groups is 4. The molecule has 4 saturated heterocycles. The molecule has 18 nitrogen and oxygen atoms in total. The third-order valence-corrected chi connectivity index (χ3v) is 14.0. The van der Waals surface area contributed by atoms with Crippen LogP contribution in [0, 0.1) is 21.7 Å². The molecule has 8 rings (SSSR count). The Kier molecular flexibility index (Phi) is 19.8. The van der Waals surface area contributed by atoms with E-state index in [4.69, 9.17) is 56.8 Å². The predicted molar refractivity (Wildman–Crippen MR) is 273 cm³/mol. The summed E-state index contributed by atoms with van der Waals surface area (Å²) >= 11 is 0. The number of ether oxygens (including phenoxy) is 12. The standard InChI is InChI=1S/C58H72N2O16/c1-55(35-69-47(70-36-55)43-17-9-5-10-18-43)51(61)65-31-27-59(28-32-66-52(62)56(2)37-71-48(72-38-56)44-19-11-6-12-20-44)25-26-60(29-33-67-53(63)57(3)39-73-49(74-40-57)45-21-13-7-14-22-45)30-34-68-54(64)58(4)41-75-50(76-42-58)46-23-15-8-16-24-46/h5-24,47-50H,25-42H2,1-4H3. The highest BCUT2D eigenvalue weighted by atomic mass is 16.7. The van der Waals surface area contributed by atoms with Crippen molar-refractivity contribution in [1.29, 1.82) is 0 Å². The summed E-state index contributed by atoms with van der Waals surface area (Å²) in [4.78, 5) is 58.4. The Labute approximate surface area is 445 Å². The van der Waals surface area contributed by atoms with Crippen molar-refractivity contribution in [1.82, 2.24) is 9.80 Å². The van der Waals surface area contributed by atoms with Crippen LogP contribution in [0.5, 0.6) is 0 Å². The SMILES string of the molecule is CC1(C(=O)OCCN(CCOC(=O)C2(C)COC(c3ccccc3)OC2)CCN(CCOC(=O)C2(C)COC(c3ccccc3)OC2)CCOC(=O)C2(C)COC(c3ccccc3)OC2)COC(c2ccccc2)OC1. The number of carbonyl (C=O) groups excluding carboxylic acids is 4. The minimum atomic E-state index is -1.04. The van der Waals surface area contributed by atoms with E-state index in [2.05, 4.69) is 0 Å².